The number of imide groups is 1. The molecule has 0 bridgehead atoms. The summed E-state index contributed by atoms with van der Waals surface area (Å²) in [5.41, 5.74) is 8.12. The van der Waals surface area contributed by atoms with Gasteiger partial charge >= 0.3 is 0 Å². The molecule has 21 heavy (non-hydrogen) atoms. The first-order valence-electron chi connectivity index (χ1n) is 7.06. The molecule has 3 rings (SSSR count). The SMILES string of the molecule is NCCc1ccc2c(c1)C(=O)N(C1CCC(=O)NC1=O)C2. The van der Waals surface area contributed by atoms with Gasteiger partial charge in [0.2, 0.25) is 11.8 Å². The Morgan fingerprint density at radius 2 is 2.10 bits per heavy atom. The second kappa shape index (κ2) is 5.29. The van der Waals surface area contributed by atoms with Crippen molar-refractivity contribution in [3.63, 3.8) is 0 Å². The Hall–Kier alpha value is -2.21. The van der Waals surface area contributed by atoms with E-state index < -0.39 is 6.04 Å². The van der Waals surface area contributed by atoms with Gasteiger partial charge in [0.1, 0.15) is 6.04 Å². The molecule has 0 spiro atoms. The monoisotopic (exact) mass is 287 g/mol. The van der Waals surface area contributed by atoms with E-state index in [0.717, 1.165) is 17.5 Å². The lowest BCUT2D eigenvalue weighted by Crippen LogP contribution is -2.52. The number of carbonyl (C=O) groups is 3. The van der Waals surface area contributed by atoms with Crippen molar-refractivity contribution in [2.75, 3.05) is 6.54 Å². The molecule has 1 saturated heterocycles. The Kier molecular flexibility index (Phi) is 3.47. The highest BCUT2D eigenvalue weighted by atomic mass is 16.2. The number of rotatable bonds is 3. The lowest BCUT2D eigenvalue weighted by Gasteiger charge is -2.29. The molecule has 3 amide bonds. The van der Waals surface area contributed by atoms with Crippen LogP contribution in [0.4, 0.5) is 0 Å². The van der Waals surface area contributed by atoms with Crippen molar-refractivity contribution < 1.29 is 14.4 Å². The second-order valence-corrected chi connectivity index (χ2v) is 5.43. The maximum atomic E-state index is 12.5. The average Bonchev–Trinajstić information content (AvgIpc) is 2.77. The summed E-state index contributed by atoms with van der Waals surface area (Å²) in [6.45, 7) is 0.952. The molecule has 6 nitrogen and oxygen atoms in total. The minimum absolute atomic E-state index is 0.140. The normalized spacial score (nSPS) is 21.5. The van der Waals surface area contributed by atoms with Crippen LogP contribution in [-0.2, 0) is 22.6 Å². The Morgan fingerprint density at radius 3 is 2.81 bits per heavy atom. The second-order valence-electron chi connectivity index (χ2n) is 5.43. The predicted molar refractivity (Wildman–Crippen MR) is 75.2 cm³/mol. The molecule has 3 N–H and O–H groups in total. The fraction of sp³-hybridized carbons (Fsp3) is 0.400. The summed E-state index contributed by atoms with van der Waals surface area (Å²) in [6, 6.07) is 5.19. The van der Waals surface area contributed by atoms with Crippen molar-refractivity contribution >= 4 is 17.7 Å². The Bertz CT molecular complexity index is 627. The molecule has 0 aliphatic carbocycles. The zero-order chi connectivity index (χ0) is 15.0. The summed E-state index contributed by atoms with van der Waals surface area (Å²) in [7, 11) is 0. The molecule has 1 aromatic rings. The van der Waals surface area contributed by atoms with E-state index in [1.165, 1.54) is 0 Å². The molecule has 6 heteroatoms. The van der Waals surface area contributed by atoms with E-state index in [2.05, 4.69) is 5.32 Å². The van der Waals surface area contributed by atoms with Crippen molar-refractivity contribution in [1.82, 2.24) is 10.2 Å². The van der Waals surface area contributed by atoms with E-state index in [0.29, 0.717) is 25.1 Å². The smallest absolute Gasteiger partial charge is 0.255 e. The van der Waals surface area contributed by atoms with Gasteiger partial charge in [-0.3, -0.25) is 19.7 Å². The fourth-order valence-corrected chi connectivity index (χ4v) is 2.92. The van der Waals surface area contributed by atoms with Gasteiger partial charge in [-0.25, -0.2) is 0 Å². The van der Waals surface area contributed by atoms with Crippen LogP contribution in [0.15, 0.2) is 18.2 Å². The van der Waals surface area contributed by atoms with E-state index in [4.69, 9.17) is 5.73 Å². The summed E-state index contributed by atoms with van der Waals surface area (Å²) in [6.07, 6.45) is 1.38. The molecule has 0 radical (unpaired) electrons. The highest BCUT2D eigenvalue weighted by Crippen LogP contribution is 2.28. The van der Waals surface area contributed by atoms with Gasteiger partial charge in [-0.1, -0.05) is 12.1 Å². The molecule has 1 aromatic carbocycles. The van der Waals surface area contributed by atoms with Gasteiger partial charge < -0.3 is 10.6 Å². The largest absolute Gasteiger partial charge is 0.330 e. The van der Waals surface area contributed by atoms with Crippen molar-refractivity contribution in [2.24, 2.45) is 5.73 Å². The van der Waals surface area contributed by atoms with Gasteiger partial charge in [-0.15, -0.1) is 0 Å². The van der Waals surface area contributed by atoms with Crippen molar-refractivity contribution in [2.45, 2.75) is 31.8 Å². The molecular weight excluding hydrogens is 270 g/mol. The third-order valence-corrected chi connectivity index (χ3v) is 4.03. The average molecular weight is 287 g/mol. The van der Waals surface area contributed by atoms with Crippen LogP contribution in [0.5, 0.6) is 0 Å². The molecule has 2 aliphatic heterocycles. The van der Waals surface area contributed by atoms with Gasteiger partial charge in [0.15, 0.2) is 0 Å². The lowest BCUT2D eigenvalue weighted by molar-refractivity contribution is -0.136. The van der Waals surface area contributed by atoms with Crippen molar-refractivity contribution in [1.29, 1.82) is 0 Å². The molecule has 1 fully saturated rings. The fourth-order valence-electron chi connectivity index (χ4n) is 2.92. The summed E-state index contributed by atoms with van der Waals surface area (Å²) >= 11 is 0. The highest BCUT2D eigenvalue weighted by Gasteiger charge is 2.38. The zero-order valence-electron chi connectivity index (χ0n) is 11.6. The Balaban J connectivity index is 1.83. The van der Waals surface area contributed by atoms with Crippen LogP contribution in [-0.4, -0.2) is 35.2 Å². The summed E-state index contributed by atoms with van der Waals surface area (Å²) in [5.74, 6) is -0.793. The van der Waals surface area contributed by atoms with E-state index in [-0.39, 0.29) is 24.1 Å². The third-order valence-electron chi connectivity index (χ3n) is 4.03. The third kappa shape index (κ3) is 2.42. The minimum Gasteiger partial charge on any atom is -0.330 e. The van der Waals surface area contributed by atoms with Gasteiger partial charge in [-0.05, 0) is 36.6 Å². The van der Waals surface area contributed by atoms with Crippen LogP contribution in [0.2, 0.25) is 0 Å². The number of fused-ring (bicyclic) bond motifs is 1. The molecule has 2 heterocycles. The number of benzene rings is 1. The predicted octanol–water partition coefficient (Wildman–Crippen LogP) is -0.0512. The molecule has 0 saturated carbocycles. The Morgan fingerprint density at radius 1 is 1.29 bits per heavy atom. The summed E-state index contributed by atoms with van der Waals surface area (Å²) in [4.78, 5) is 37.2. The molecular formula is C15H17N3O3. The molecule has 1 unspecified atom stereocenters. The number of hydrogen-bond donors (Lipinski definition) is 2. The van der Waals surface area contributed by atoms with Crippen LogP contribution in [0, 0.1) is 0 Å². The Labute approximate surface area is 122 Å². The first kappa shape index (κ1) is 13.8. The molecule has 110 valence electrons. The van der Waals surface area contributed by atoms with E-state index >= 15 is 0 Å². The first-order chi connectivity index (χ1) is 10.1. The maximum Gasteiger partial charge on any atom is 0.255 e. The van der Waals surface area contributed by atoms with E-state index in [9.17, 15) is 14.4 Å². The number of carbonyl (C=O) groups excluding carboxylic acids is 3. The van der Waals surface area contributed by atoms with E-state index in [1.807, 2.05) is 18.2 Å². The van der Waals surface area contributed by atoms with Gasteiger partial charge in [0.05, 0.1) is 0 Å². The van der Waals surface area contributed by atoms with Gasteiger partial charge in [0.25, 0.3) is 5.91 Å². The molecule has 0 aromatic heterocycles. The highest BCUT2D eigenvalue weighted by molar-refractivity contribution is 6.05. The topological polar surface area (TPSA) is 92.5 Å². The number of amides is 3. The lowest BCUT2D eigenvalue weighted by atomic mass is 10.0. The number of hydrogen-bond acceptors (Lipinski definition) is 4. The van der Waals surface area contributed by atoms with Crippen molar-refractivity contribution in [3.8, 4) is 0 Å². The van der Waals surface area contributed by atoms with E-state index in [1.54, 1.807) is 4.90 Å². The van der Waals surface area contributed by atoms with Crippen LogP contribution in [0.3, 0.4) is 0 Å². The summed E-state index contributed by atoms with van der Waals surface area (Å²) < 4.78 is 0. The number of nitrogens with zero attached hydrogens (tertiary/aromatic N) is 1. The molecule has 2 aliphatic rings. The number of piperidine rings is 1. The number of nitrogens with one attached hydrogen (secondary N) is 1. The summed E-state index contributed by atoms with van der Waals surface area (Å²) in [5, 5.41) is 2.30. The quantitative estimate of drug-likeness (QED) is 0.762. The zero-order valence-corrected chi connectivity index (χ0v) is 11.6. The standard InChI is InChI=1S/C15H17N3O3/c16-6-5-9-1-2-10-8-18(15(21)11(10)7-9)12-3-4-13(19)17-14(12)20/h1-2,7,12H,3-6,8,16H2,(H,17,19,20). The minimum atomic E-state index is -0.555. The van der Waals surface area contributed by atoms with Crippen molar-refractivity contribution in [3.05, 3.63) is 34.9 Å². The first-order valence-corrected chi connectivity index (χ1v) is 7.06. The van der Waals surface area contributed by atoms with Crippen LogP contribution in [0.1, 0.15) is 34.3 Å². The van der Waals surface area contributed by atoms with Gasteiger partial charge in [0, 0.05) is 18.5 Å². The van der Waals surface area contributed by atoms with Gasteiger partial charge in [-0.2, -0.15) is 0 Å². The van der Waals surface area contributed by atoms with Crippen LogP contribution < -0.4 is 11.1 Å². The van der Waals surface area contributed by atoms with Crippen LogP contribution >= 0.6 is 0 Å². The van der Waals surface area contributed by atoms with Crippen LogP contribution in [0.25, 0.3) is 0 Å². The molecule has 1 atom stereocenters. The number of nitrogens with two attached hydrogens (primary N) is 1. The maximum absolute atomic E-state index is 12.5.